The molecule has 0 spiro atoms. The third-order valence-electron chi connectivity index (χ3n) is 2.46. The second-order valence-corrected chi connectivity index (χ2v) is 4.38. The molecule has 5 heteroatoms. The minimum atomic E-state index is -0.111. The molecular weight excluding hydrogens is 248 g/mol. The van der Waals surface area contributed by atoms with Crippen LogP contribution in [0.2, 0.25) is 0 Å². The van der Waals surface area contributed by atoms with E-state index in [2.05, 4.69) is 0 Å². The van der Waals surface area contributed by atoms with Crippen molar-refractivity contribution in [2.75, 3.05) is 17.2 Å². The number of benzene rings is 1. The summed E-state index contributed by atoms with van der Waals surface area (Å²) in [6.07, 6.45) is 0. The van der Waals surface area contributed by atoms with Crippen molar-refractivity contribution in [3.8, 4) is 5.40 Å². The molecule has 1 aromatic rings. The summed E-state index contributed by atoms with van der Waals surface area (Å²) in [5.74, 6) is 0.0225. The Morgan fingerprint density at radius 1 is 1.33 bits per heavy atom. The van der Waals surface area contributed by atoms with Crippen LogP contribution >= 0.6 is 11.8 Å². The number of Topliss-reactive ketones (excluding diaryl/α,β-unsaturated/α-hetero) is 1. The minimum absolute atomic E-state index is 0.00374. The average molecular weight is 262 g/mol. The lowest BCUT2D eigenvalue weighted by atomic mass is 10.1. The number of carbonyl (C=O) groups is 2. The predicted molar refractivity (Wildman–Crippen MR) is 72.5 cm³/mol. The summed E-state index contributed by atoms with van der Waals surface area (Å²) in [5, 5.41) is 10.3. The topological polar surface area (TPSA) is 61.2 Å². The number of rotatable bonds is 5. The molecule has 4 nitrogen and oxygen atoms in total. The Bertz CT molecular complexity index is 477. The van der Waals surface area contributed by atoms with Gasteiger partial charge in [-0.15, -0.1) is 0 Å². The van der Waals surface area contributed by atoms with Gasteiger partial charge < -0.3 is 4.90 Å². The quantitative estimate of drug-likeness (QED) is 0.604. The second kappa shape index (κ2) is 6.82. The van der Waals surface area contributed by atoms with Crippen molar-refractivity contribution in [2.45, 2.75) is 13.8 Å². The van der Waals surface area contributed by atoms with E-state index in [0.717, 1.165) is 17.4 Å². The maximum absolute atomic E-state index is 11.8. The fourth-order valence-corrected chi connectivity index (χ4v) is 1.89. The number of ketones is 1. The minimum Gasteiger partial charge on any atom is -0.312 e. The zero-order valence-electron chi connectivity index (χ0n) is 10.3. The summed E-state index contributed by atoms with van der Waals surface area (Å²) >= 11 is 0.923. The third kappa shape index (κ3) is 3.60. The van der Waals surface area contributed by atoms with E-state index in [-0.39, 0.29) is 17.4 Å². The van der Waals surface area contributed by atoms with Gasteiger partial charge in [-0.3, -0.25) is 9.59 Å². The number of nitrogens with zero attached hydrogens (tertiary/aromatic N) is 2. The van der Waals surface area contributed by atoms with Gasteiger partial charge in [0.2, 0.25) is 5.91 Å². The van der Waals surface area contributed by atoms with Crippen LogP contribution in [0, 0.1) is 10.7 Å². The Kier molecular flexibility index (Phi) is 5.40. The van der Waals surface area contributed by atoms with E-state index in [0.29, 0.717) is 12.1 Å². The summed E-state index contributed by atoms with van der Waals surface area (Å²) in [6.45, 7) is 3.90. The summed E-state index contributed by atoms with van der Waals surface area (Å²) in [7, 11) is 0. The van der Waals surface area contributed by atoms with Crippen LogP contribution in [0.15, 0.2) is 24.3 Å². The van der Waals surface area contributed by atoms with Crippen LogP contribution in [0.3, 0.4) is 0 Å². The van der Waals surface area contributed by atoms with Gasteiger partial charge >= 0.3 is 0 Å². The Hall–Kier alpha value is -1.80. The molecule has 0 aliphatic rings. The molecule has 0 radical (unpaired) electrons. The molecule has 0 fully saturated rings. The first-order valence-corrected chi connectivity index (χ1v) is 6.51. The van der Waals surface area contributed by atoms with Crippen LogP contribution in [0.1, 0.15) is 24.2 Å². The molecule has 0 bridgehead atoms. The number of nitriles is 1. The van der Waals surface area contributed by atoms with E-state index in [1.807, 2.05) is 12.3 Å². The van der Waals surface area contributed by atoms with Crippen LogP contribution in [-0.4, -0.2) is 24.0 Å². The maximum Gasteiger partial charge on any atom is 0.238 e. The van der Waals surface area contributed by atoms with Crippen molar-refractivity contribution in [3.63, 3.8) is 0 Å². The highest BCUT2D eigenvalue weighted by atomic mass is 32.2. The van der Waals surface area contributed by atoms with Crippen LogP contribution in [0.4, 0.5) is 5.69 Å². The van der Waals surface area contributed by atoms with Crippen molar-refractivity contribution in [1.82, 2.24) is 0 Å². The van der Waals surface area contributed by atoms with Crippen LogP contribution in [0.25, 0.3) is 0 Å². The molecule has 1 aromatic carbocycles. The molecule has 1 rings (SSSR count). The highest BCUT2D eigenvalue weighted by Gasteiger charge is 2.13. The lowest BCUT2D eigenvalue weighted by molar-refractivity contribution is -0.116. The van der Waals surface area contributed by atoms with Gasteiger partial charge in [0, 0.05) is 17.8 Å². The molecule has 0 saturated heterocycles. The smallest absolute Gasteiger partial charge is 0.238 e. The van der Waals surface area contributed by atoms with Crippen molar-refractivity contribution in [2.24, 2.45) is 0 Å². The van der Waals surface area contributed by atoms with Crippen molar-refractivity contribution in [3.05, 3.63) is 29.8 Å². The monoisotopic (exact) mass is 262 g/mol. The van der Waals surface area contributed by atoms with Gasteiger partial charge in [0.05, 0.1) is 5.75 Å². The normalized spacial score (nSPS) is 9.61. The zero-order chi connectivity index (χ0) is 13.5. The predicted octanol–water partition coefficient (Wildman–Crippen LogP) is 2.46. The number of anilines is 1. The van der Waals surface area contributed by atoms with E-state index >= 15 is 0 Å². The number of thioether (sulfide) groups is 1. The van der Waals surface area contributed by atoms with Gasteiger partial charge in [0.1, 0.15) is 5.40 Å². The van der Waals surface area contributed by atoms with E-state index in [1.165, 1.54) is 6.92 Å². The van der Waals surface area contributed by atoms with E-state index in [4.69, 9.17) is 5.26 Å². The van der Waals surface area contributed by atoms with Crippen molar-refractivity contribution >= 4 is 29.1 Å². The fourth-order valence-electron chi connectivity index (χ4n) is 1.55. The first kappa shape index (κ1) is 14.3. The molecule has 0 unspecified atom stereocenters. The summed E-state index contributed by atoms with van der Waals surface area (Å²) in [5.41, 5.74) is 1.36. The number of amides is 1. The maximum atomic E-state index is 11.8. The van der Waals surface area contributed by atoms with E-state index in [9.17, 15) is 9.59 Å². The molecule has 0 saturated carbocycles. The van der Waals surface area contributed by atoms with Gasteiger partial charge in [-0.25, -0.2) is 0 Å². The third-order valence-corrected chi connectivity index (χ3v) is 2.98. The first-order chi connectivity index (χ1) is 8.60. The van der Waals surface area contributed by atoms with Crippen LogP contribution < -0.4 is 4.90 Å². The molecule has 1 amide bonds. The molecule has 0 N–H and O–H groups in total. The van der Waals surface area contributed by atoms with Crippen molar-refractivity contribution in [1.29, 1.82) is 5.26 Å². The fraction of sp³-hybridized carbons (Fsp3) is 0.308. The standard InChI is InChI=1S/C13H14N2O2S/c1-3-15(13(17)8-18-9-14)12-6-4-11(5-7-12)10(2)16/h4-7H,3,8H2,1-2H3. The van der Waals surface area contributed by atoms with Crippen LogP contribution in [-0.2, 0) is 4.79 Å². The lowest BCUT2D eigenvalue weighted by Crippen LogP contribution is -2.32. The molecule has 0 aromatic heterocycles. The largest absolute Gasteiger partial charge is 0.312 e. The average Bonchev–Trinajstić information content (AvgIpc) is 2.37. The second-order valence-electron chi connectivity index (χ2n) is 3.62. The SMILES string of the molecule is CCN(C(=O)CSC#N)c1ccc(C(C)=O)cc1. The first-order valence-electron chi connectivity index (χ1n) is 5.52. The van der Waals surface area contributed by atoms with Crippen molar-refractivity contribution < 1.29 is 9.59 Å². The Morgan fingerprint density at radius 3 is 2.39 bits per heavy atom. The zero-order valence-corrected chi connectivity index (χ0v) is 11.2. The number of thiocyanates is 1. The summed E-state index contributed by atoms with van der Waals surface area (Å²) in [4.78, 5) is 24.6. The van der Waals surface area contributed by atoms with Gasteiger partial charge in [-0.1, -0.05) is 0 Å². The van der Waals surface area contributed by atoms with E-state index in [1.54, 1.807) is 29.2 Å². The van der Waals surface area contributed by atoms with Gasteiger partial charge in [0.25, 0.3) is 0 Å². The lowest BCUT2D eigenvalue weighted by Gasteiger charge is -2.20. The number of carbonyl (C=O) groups excluding carboxylic acids is 2. The molecule has 0 aliphatic heterocycles. The molecule has 0 aliphatic carbocycles. The van der Waals surface area contributed by atoms with Gasteiger partial charge in [0.15, 0.2) is 5.78 Å². The van der Waals surface area contributed by atoms with E-state index < -0.39 is 0 Å². The Balaban J connectivity index is 2.85. The molecule has 94 valence electrons. The number of hydrogen-bond donors (Lipinski definition) is 0. The number of hydrogen-bond acceptors (Lipinski definition) is 4. The summed E-state index contributed by atoms with van der Waals surface area (Å²) < 4.78 is 0. The van der Waals surface area contributed by atoms with Gasteiger partial charge in [-0.2, -0.15) is 5.26 Å². The molecular formula is C13H14N2O2S. The Morgan fingerprint density at radius 2 is 1.94 bits per heavy atom. The molecule has 0 heterocycles. The molecule has 0 atom stereocenters. The molecule has 18 heavy (non-hydrogen) atoms. The highest BCUT2D eigenvalue weighted by Crippen LogP contribution is 2.16. The Labute approximate surface area is 111 Å². The van der Waals surface area contributed by atoms with Gasteiger partial charge in [-0.05, 0) is 49.9 Å². The highest BCUT2D eigenvalue weighted by molar-refractivity contribution is 8.04. The summed E-state index contributed by atoms with van der Waals surface area (Å²) in [6, 6.07) is 6.89. The van der Waals surface area contributed by atoms with Crippen LogP contribution in [0.5, 0.6) is 0 Å².